The highest BCUT2D eigenvalue weighted by Crippen LogP contribution is 2.13. The molecule has 2 aromatic carbocycles. The van der Waals surface area contributed by atoms with Crippen LogP contribution in [-0.2, 0) is 11.2 Å². The van der Waals surface area contributed by atoms with Crippen LogP contribution in [0.5, 0.6) is 5.75 Å². The lowest BCUT2D eigenvalue weighted by Crippen LogP contribution is -2.17. The number of nitrogens with one attached hydrogen (secondary N) is 1. The second kappa shape index (κ2) is 8.08. The Labute approximate surface area is 131 Å². The van der Waals surface area contributed by atoms with Gasteiger partial charge in [-0.25, -0.2) is 4.79 Å². The van der Waals surface area contributed by atoms with Crippen LogP contribution in [0.1, 0.15) is 18.1 Å². The summed E-state index contributed by atoms with van der Waals surface area (Å²) in [7, 11) is 0. The van der Waals surface area contributed by atoms with E-state index in [2.05, 4.69) is 12.2 Å². The quantitative estimate of drug-likeness (QED) is 0.814. The average Bonchev–Trinajstić information content (AvgIpc) is 2.52. The molecule has 2 rings (SSSR count). The molecule has 0 atom stereocenters. The summed E-state index contributed by atoms with van der Waals surface area (Å²) in [5.74, 6) is 0.777. The predicted molar refractivity (Wildman–Crippen MR) is 87.5 cm³/mol. The zero-order valence-electron chi connectivity index (χ0n) is 13.0. The Kier molecular flexibility index (Phi) is 5.83. The minimum atomic E-state index is -0.471. The van der Waals surface area contributed by atoms with Crippen LogP contribution in [0.25, 0.3) is 0 Å². The third kappa shape index (κ3) is 5.13. The fraction of sp³-hybridized carbons (Fsp3) is 0.278. The Morgan fingerprint density at radius 1 is 1.09 bits per heavy atom. The van der Waals surface area contributed by atoms with Gasteiger partial charge in [0.15, 0.2) is 0 Å². The lowest BCUT2D eigenvalue weighted by Gasteiger charge is -2.09. The van der Waals surface area contributed by atoms with E-state index in [-0.39, 0.29) is 6.61 Å². The minimum Gasteiger partial charge on any atom is -0.490 e. The summed E-state index contributed by atoms with van der Waals surface area (Å²) in [6.07, 6.45) is 0.454. The summed E-state index contributed by atoms with van der Waals surface area (Å²) >= 11 is 0. The second-order valence-corrected chi connectivity index (χ2v) is 4.98. The molecular formula is C18H21NO3. The molecule has 0 saturated heterocycles. The summed E-state index contributed by atoms with van der Waals surface area (Å²) in [6.45, 7) is 4.60. The van der Waals surface area contributed by atoms with Gasteiger partial charge in [-0.3, -0.25) is 5.32 Å². The molecule has 0 spiro atoms. The molecule has 0 fully saturated rings. The molecule has 1 N–H and O–H groups in total. The number of carbonyl (C=O) groups is 1. The normalized spacial score (nSPS) is 10.1. The smallest absolute Gasteiger partial charge is 0.411 e. The molecule has 116 valence electrons. The first kappa shape index (κ1) is 15.9. The molecule has 4 nitrogen and oxygen atoms in total. The van der Waals surface area contributed by atoms with Gasteiger partial charge in [0.05, 0.1) is 0 Å². The van der Waals surface area contributed by atoms with Crippen LogP contribution < -0.4 is 10.1 Å². The van der Waals surface area contributed by atoms with Crippen molar-refractivity contribution >= 4 is 11.8 Å². The molecule has 0 radical (unpaired) electrons. The number of aryl methyl sites for hydroxylation is 2. The first-order valence-corrected chi connectivity index (χ1v) is 7.39. The van der Waals surface area contributed by atoms with Crippen LogP contribution in [0.3, 0.4) is 0 Å². The summed E-state index contributed by atoms with van der Waals surface area (Å²) in [5, 5.41) is 2.71. The van der Waals surface area contributed by atoms with Crippen LogP contribution in [0.4, 0.5) is 10.5 Å². The van der Waals surface area contributed by atoms with E-state index < -0.39 is 6.09 Å². The summed E-state index contributed by atoms with van der Waals surface area (Å²) < 4.78 is 10.6. The van der Waals surface area contributed by atoms with Gasteiger partial charge in [-0.15, -0.1) is 0 Å². The van der Waals surface area contributed by atoms with E-state index in [1.807, 2.05) is 55.5 Å². The highest BCUT2D eigenvalue weighted by Gasteiger charge is 2.03. The van der Waals surface area contributed by atoms with Crippen molar-refractivity contribution in [2.45, 2.75) is 20.3 Å². The van der Waals surface area contributed by atoms with Crippen LogP contribution in [0, 0.1) is 6.92 Å². The second-order valence-electron chi connectivity index (χ2n) is 4.98. The lowest BCUT2D eigenvalue weighted by atomic mass is 10.1. The van der Waals surface area contributed by atoms with Crippen molar-refractivity contribution in [3.05, 3.63) is 59.7 Å². The monoisotopic (exact) mass is 299 g/mol. The van der Waals surface area contributed by atoms with E-state index in [0.29, 0.717) is 6.61 Å². The zero-order chi connectivity index (χ0) is 15.8. The number of hydrogen-bond acceptors (Lipinski definition) is 3. The maximum atomic E-state index is 11.7. The Morgan fingerprint density at radius 2 is 1.91 bits per heavy atom. The average molecular weight is 299 g/mol. The number of rotatable bonds is 6. The molecule has 0 bridgehead atoms. The third-order valence-corrected chi connectivity index (χ3v) is 3.16. The van der Waals surface area contributed by atoms with Crippen molar-refractivity contribution in [2.75, 3.05) is 18.5 Å². The summed E-state index contributed by atoms with van der Waals surface area (Å²) in [4.78, 5) is 11.7. The van der Waals surface area contributed by atoms with Gasteiger partial charge >= 0.3 is 6.09 Å². The van der Waals surface area contributed by atoms with Gasteiger partial charge in [0.2, 0.25) is 0 Å². The van der Waals surface area contributed by atoms with E-state index in [1.165, 1.54) is 5.56 Å². The van der Waals surface area contributed by atoms with Crippen molar-refractivity contribution in [1.29, 1.82) is 0 Å². The van der Waals surface area contributed by atoms with E-state index in [0.717, 1.165) is 23.4 Å². The molecule has 0 saturated carbocycles. The topological polar surface area (TPSA) is 47.6 Å². The molecule has 4 heteroatoms. The van der Waals surface area contributed by atoms with E-state index in [1.54, 1.807) is 0 Å². The molecule has 22 heavy (non-hydrogen) atoms. The molecule has 0 unspecified atom stereocenters. The van der Waals surface area contributed by atoms with Crippen LogP contribution >= 0.6 is 0 Å². The van der Waals surface area contributed by atoms with Crippen molar-refractivity contribution in [3.63, 3.8) is 0 Å². The Balaban J connectivity index is 1.71. The Hall–Kier alpha value is -2.49. The highest BCUT2D eigenvalue weighted by atomic mass is 16.6. The molecule has 1 amide bonds. The van der Waals surface area contributed by atoms with Gasteiger partial charge in [-0.05, 0) is 48.7 Å². The zero-order valence-corrected chi connectivity index (χ0v) is 13.0. The molecule has 0 heterocycles. The number of anilines is 1. The number of carbonyl (C=O) groups excluding carboxylic acids is 1. The highest BCUT2D eigenvalue weighted by molar-refractivity contribution is 5.84. The maximum absolute atomic E-state index is 11.7. The lowest BCUT2D eigenvalue weighted by molar-refractivity contribution is 0.138. The van der Waals surface area contributed by atoms with Crippen molar-refractivity contribution in [1.82, 2.24) is 0 Å². The van der Waals surface area contributed by atoms with E-state index in [9.17, 15) is 4.79 Å². The molecule has 0 aliphatic carbocycles. The molecule has 0 aliphatic rings. The Bertz CT molecular complexity index is 625. The van der Waals surface area contributed by atoms with Crippen molar-refractivity contribution in [3.8, 4) is 5.75 Å². The fourth-order valence-electron chi connectivity index (χ4n) is 2.02. The van der Waals surface area contributed by atoms with E-state index >= 15 is 0 Å². The standard InChI is InChI=1S/C18H21NO3/c1-3-15-7-5-8-16(13-15)19-18(20)22-11-10-21-17-9-4-6-14(2)12-17/h4-9,12-13H,3,10-11H2,1-2H3,(H,19,20). The Morgan fingerprint density at radius 3 is 2.68 bits per heavy atom. The largest absolute Gasteiger partial charge is 0.490 e. The molecule has 2 aromatic rings. The number of amides is 1. The van der Waals surface area contributed by atoms with Crippen LogP contribution in [0.2, 0.25) is 0 Å². The first-order chi connectivity index (χ1) is 10.7. The van der Waals surface area contributed by atoms with Gasteiger partial charge in [0.25, 0.3) is 0 Å². The van der Waals surface area contributed by atoms with Gasteiger partial charge in [0, 0.05) is 5.69 Å². The number of benzene rings is 2. The van der Waals surface area contributed by atoms with Crippen LogP contribution in [0.15, 0.2) is 48.5 Å². The molecular weight excluding hydrogens is 278 g/mol. The number of ether oxygens (including phenoxy) is 2. The maximum Gasteiger partial charge on any atom is 0.411 e. The van der Waals surface area contributed by atoms with Gasteiger partial charge < -0.3 is 9.47 Å². The first-order valence-electron chi connectivity index (χ1n) is 7.39. The SMILES string of the molecule is CCc1cccc(NC(=O)OCCOc2cccc(C)c2)c1. The minimum absolute atomic E-state index is 0.202. The molecule has 0 aliphatic heterocycles. The van der Waals surface area contributed by atoms with Gasteiger partial charge in [0.1, 0.15) is 19.0 Å². The van der Waals surface area contributed by atoms with E-state index in [4.69, 9.17) is 9.47 Å². The number of hydrogen-bond donors (Lipinski definition) is 1. The fourth-order valence-corrected chi connectivity index (χ4v) is 2.02. The third-order valence-electron chi connectivity index (χ3n) is 3.16. The van der Waals surface area contributed by atoms with Gasteiger partial charge in [-0.1, -0.05) is 31.2 Å². The van der Waals surface area contributed by atoms with Crippen LogP contribution in [-0.4, -0.2) is 19.3 Å². The van der Waals surface area contributed by atoms with Crippen molar-refractivity contribution in [2.24, 2.45) is 0 Å². The summed E-state index contributed by atoms with van der Waals surface area (Å²) in [5.41, 5.74) is 3.04. The van der Waals surface area contributed by atoms with Gasteiger partial charge in [-0.2, -0.15) is 0 Å². The predicted octanol–water partition coefficient (Wildman–Crippen LogP) is 4.18. The molecule has 0 aromatic heterocycles. The van der Waals surface area contributed by atoms with Crippen molar-refractivity contribution < 1.29 is 14.3 Å². The summed E-state index contributed by atoms with van der Waals surface area (Å²) in [6, 6.07) is 15.5.